The predicted octanol–water partition coefficient (Wildman–Crippen LogP) is 4.65. The monoisotopic (exact) mass is 402 g/mol. The van der Waals surface area contributed by atoms with Gasteiger partial charge in [-0.05, 0) is 36.4 Å². The smallest absolute Gasteiger partial charge is 0.214 e. The lowest BCUT2D eigenvalue weighted by molar-refractivity contribution is -0.0191. The molecule has 2 atom stereocenters. The summed E-state index contributed by atoms with van der Waals surface area (Å²) in [6.45, 7) is 0. The number of ether oxygens (including phenoxy) is 3. The van der Waals surface area contributed by atoms with Gasteiger partial charge in [-0.1, -0.05) is 30.3 Å². The zero-order valence-corrected chi connectivity index (χ0v) is 16.8. The molecular weight excluding hydrogens is 380 g/mol. The molecule has 0 spiro atoms. The van der Waals surface area contributed by atoms with Gasteiger partial charge in [-0.15, -0.1) is 0 Å². The van der Waals surface area contributed by atoms with E-state index in [0.29, 0.717) is 17.9 Å². The van der Waals surface area contributed by atoms with Gasteiger partial charge in [0.1, 0.15) is 11.5 Å². The summed E-state index contributed by atoms with van der Waals surface area (Å²) in [7, 11) is 3.23. The van der Waals surface area contributed by atoms with Crippen LogP contribution in [0.25, 0.3) is 0 Å². The number of hydrazone groups is 1. The van der Waals surface area contributed by atoms with Gasteiger partial charge in [-0.2, -0.15) is 5.10 Å². The number of para-hydroxylation sites is 2. The van der Waals surface area contributed by atoms with E-state index >= 15 is 0 Å². The minimum Gasteiger partial charge on any atom is -0.507 e. The Kier molecular flexibility index (Phi) is 4.47. The van der Waals surface area contributed by atoms with Crippen LogP contribution in [0.15, 0.2) is 71.8 Å². The molecule has 2 heterocycles. The van der Waals surface area contributed by atoms with E-state index < -0.39 is 6.23 Å². The lowest BCUT2D eigenvalue weighted by atomic mass is 9.95. The van der Waals surface area contributed by atoms with Gasteiger partial charge < -0.3 is 19.3 Å². The van der Waals surface area contributed by atoms with Crippen molar-refractivity contribution in [2.24, 2.45) is 5.10 Å². The zero-order valence-electron chi connectivity index (χ0n) is 16.8. The highest BCUT2D eigenvalue weighted by Gasteiger charge is 2.41. The lowest BCUT2D eigenvalue weighted by Crippen LogP contribution is -2.33. The van der Waals surface area contributed by atoms with Crippen molar-refractivity contribution < 1.29 is 19.3 Å². The van der Waals surface area contributed by atoms with Gasteiger partial charge in [0.25, 0.3) is 0 Å². The van der Waals surface area contributed by atoms with Crippen molar-refractivity contribution in [3.05, 3.63) is 83.4 Å². The standard InChI is InChI=1S/C24H22N2O4/c1-28-22-12-11-15(13-23(22)29-2)24-26-19(17-8-4-6-10-21(17)30-24)14-18(25-26)16-7-3-5-9-20(16)27/h3-13,19,24,27H,14H2,1-2H3/t19-,24-/m0/s1. The third-order valence-electron chi connectivity index (χ3n) is 5.61. The molecule has 1 N–H and O–H groups in total. The minimum atomic E-state index is -0.423. The maximum absolute atomic E-state index is 10.3. The fourth-order valence-electron chi connectivity index (χ4n) is 4.14. The highest BCUT2D eigenvalue weighted by molar-refractivity contribution is 6.04. The molecule has 0 amide bonds. The summed E-state index contributed by atoms with van der Waals surface area (Å²) in [4.78, 5) is 0. The first-order valence-electron chi connectivity index (χ1n) is 9.81. The molecule has 6 heteroatoms. The average Bonchev–Trinajstić information content (AvgIpc) is 3.24. The highest BCUT2D eigenvalue weighted by Crippen LogP contribution is 2.48. The second-order valence-electron chi connectivity index (χ2n) is 7.29. The first-order chi connectivity index (χ1) is 14.7. The summed E-state index contributed by atoms with van der Waals surface area (Å²) < 4.78 is 17.2. The summed E-state index contributed by atoms with van der Waals surface area (Å²) in [5, 5.41) is 17.2. The van der Waals surface area contributed by atoms with Crippen LogP contribution in [0.4, 0.5) is 0 Å². The first-order valence-corrected chi connectivity index (χ1v) is 9.81. The molecular formula is C24H22N2O4. The summed E-state index contributed by atoms with van der Waals surface area (Å²) in [5.74, 6) is 2.37. The highest BCUT2D eigenvalue weighted by atomic mass is 16.5. The molecule has 0 radical (unpaired) electrons. The second-order valence-corrected chi connectivity index (χ2v) is 7.29. The Morgan fingerprint density at radius 3 is 2.53 bits per heavy atom. The quantitative estimate of drug-likeness (QED) is 0.688. The van der Waals surface area contributed by atoms with Crippen molar-refractivity contribution in [3.8, 4) is 23.0 Å². The molecule has 0 unspecified atom stereocenters. The number of nitrogens with zero attached hydrogens (tertiary/aromatic N) is 2. The van der Waals surface area contributed by atoms with Gasteiger partial charge in [0.05, 0.1) is 26.0 Å². The Balaban J connectivity index is 1.60. The number of hydrogen-bond donors (Lipinski definition) is 1. The lowest BCUT2D eigenvalue weighted by Gasteiger charge is -2.38. The molecule has 3 aromatic carbocycles. The van der Waals surface area contributed by atoms with E-state index in [-0.39, 0.29) is 11.8 Å². The van der Waals surface area contributed by atoms with Crippen LogP contribution in [0, 0.1) is 0 Å². The SMILES string of the molecule is COc1ccc([C@@H]2Oc3ccccc3[C@@H]3CC(c4ccccc4O)=NN32)cc1OC. The van der Waals surface area contributed by atoms with E-state index in [9.17, 15) is 5.11 Å². The zero-order chi connectivity index (χ0) is 20.7. The molecule has 0 bridgehead atoms. The maximum atomic E-state index is 10.3. The molecule has 5 rings (SSSR count). The summed E-state index contributed by atoms with van der Waals surface area (Å²) in [6.07, 6.45) is 0.259. The Morgan fingerprint density at radius 1 is 0.967 bits per heavy atom. The van der Waals surface area contributed by atoms with Crippen LogP contribution >= 0.6 is 0 Å². The number of hydrogen-bond acceptors (Lipinski definition) is 6. The van der Waals surface area contributed by atoms with Crippen LogP contribution in [0.2, 0.25) is 0 Å². The molecule has 30 heavy (non-hydrogen) atoms. The van der Waals surface area contributed by atoms with E-state index in [1.165, 1.54) is 0 Å². The van der Waals surface area contributed by atoms with Crippen molar-refractivity contribution in [2.75, 3.05) is 14.2 Å². The molecule has 6 nitrogen and oxygen atoms in total. The molecule has 0 saturated carbocycles. The Hall–Kier alpha value is -3.67. The first kappa shape index (κ1) is 18.4. The van der Waals surface area contributed by atoms with Crippen molar-refractivity contribution in [2.45, 2.75) is 18.7 Å². The number of methoxy groups -OCH3 is 2. The number of phenolic OH excluding ortho intramolecular Hbond substituents is 1. The fourth-order valence-corrected chi connectivity index (χ4v) is 4.14. The molecule has 0 fully saturated rings. The molecule has 152 valence electrons. The van der Waals surface area contributed by atoms with Crippen molar-refractivity contribution in [3.63, 3.8) is 0 Å². The third-order valence-corrected chi connectivity index (χ3v) is 5.61. The number of phenols is 1. The molecule has 0 aliphatic carbocycles. The number of fused-ring (bicyclic) bond motifs is 3. The van der Waals surface area contributed by atoms with Gasteiger partial charge in [0.15, 0.2) is 11.5 Å². The van der Waals surface area contributed by atoms with E-state index in [2.05, 4.69) is 6.07 Å². The Morgan fingerprint density at radius 2 is 1.73 bits per heavy atom. The van der Waals surface area contributed by atoms with Crippen LogP contribution in [-0.2, 0) is 0 Å². The van der Waals surface area contributed by atoms with E-state index in [1.54, 1.807) is 20.3 Å². The van der Waals surface area contributed by atoms with Crippen molar-refractivity contribution in [1.29, 1.82) is 0 Å². The van der Waals surface area contributed by atoms with Gasteiger partial charge in [0, 0.05) is 23.1 Å². The van der Waals surface area contributed by atoms with Gasteiger partial charge in [-0.3, -0.25) is 0 Å². The summed E-state index contributed by atoms with van der Waals surface area (Å²) in [6, 6.07) is 21.1. The van der Waals surface area contributed by atoms with Crippen LogP contribution in [-0.4, -0.2) is 30.0 Å². The fraction of sp³-hybridized carbons (Fsp3) is 0.208. The topological polar surface area (TPSA) is 63.5 Å². The van der Waals surface area contributed by atoms with Gasteiger partial charge in [0.2, 0.25) is 6.23 Å². The number of aromatic hydroxyl groups is 1. The van der Waals surface area contributed by atoms with E-state index in [1.807, 2.05) is 59.6 Å². The van der Waals surface area contributed by atoms with Crippen molar-refractivity contribution >= 4 is 5.71 Å². The van der Waals surface area contributed by atoms with Crippen LogP contribution in [0.3, 0.4) is 0 Å². The molecule has 0 aromatic heterocycles. The van der Waals surface area contributed by atoms with Gasteiger partial charge >= 0.3 is 0 Å². The average molecular weight is 402 g/mol. The normalized spacial score (nSPS) is 19.4. The summed E-state index contributed by atoms with van der Waals surface area (Å²) >= 11 is 0. The maximum Gasteiger partial charge on any atom is 0.214 e. The predicted molar refractivity (Wildman–Crippen MR) is 113 cm³/mol. The van der Waals surface area contributed by atoms with Crippen molar-refractivity contribution in [1.82, 2.24) is 5.01 Å². The number of benzene rings is 3. The van der Waals surface area contributed by atoms with E-state index in [0.717, 1.165) is 28.2 Å². The molecule has 2 aliphatic rings. The second kappa shape index (κ2) is 7.30. The van der Waals surface area contributed by atoms with Gasteiger partial charge in [-0.25, -0.2) is 5.01 Å². The largest absolute Gasteiger partial charge is 0.507 e. The van der Waals surface area contributed by atoms with E-state index in [4.69, 9.17) is 19.3 Å². The summed E-state index contributed by atoms with van der Waals surface area (Å²) in [5.41, 5.74) is 3.58. The Labute approximate surface area is 174 Å². The molecule has 3 aromatic rings. The third kappa shape index (κ3) is 2.92. The molecule has 0 saturated heterocycles. The minimum absolute atomic E-state index is 0.0163. The van der Waals surface area contributed by atoms with Crippen LogP contribution < -0.4 is 14.2 Å². The van der Waals surface area contributed by atoms with Crippen LogP contribution in [0.1, 0.15) is 35.4 Å². The Bertz CT molecular complexity index is 1130. The number of rotatable bonds is 4. The molecule has 2 aliphatic heterocycles. The van der Waals surface area contributed by atoms with Crippen LogP contribution in [0.5, 0.6) is 23.0 Å².